The Hall–Kier alpha value is -3.15. The fourth-order valence-corrected chi connectivity index (χ4v) is 3.51. The molecular formula is C21H19NO5. The van der Waals surface area contributed by atoms with Gasteiger partial charge in [0.05, 0.1) is 17.7 Å². The van der Waals surface area contributed by atoms with E-state index in [1.165, 1.54) is 11.1 Å². The summed E-state index contributed by atoms with van der Waals surface area (Å²) in [7, 11) is 0. The van der Waals surface area contributed by atoms with Gasteiger partial charge in [-0.15, -0.1) is 0 Å². The Kier molecular flexibility index (Phi) is 4.62. The zero-order valence-electron chi connectivity index (χ0n) is 14.8. The molecule has 1 aliphatic heterocycles. The van der Waals surface area contributed by atoms with Crippen molar-refractivity contribution in [3.8, 4) is 5.75 Å². The number of hydrogen-bond acceptors (Lipinski definition) is 5. The molecule has 27 heavy (non-hydrogen) atoms. The van der Waals surface area contributed by atoms with Crippen molar-refractivity contribution in [3.63, 3.8) is 0 Å². The smallest absolute Gasteiger partial charge is 0.344 e. The second kappa shape index (κ2) is 7.23. The Labute approximate surface area is 156 Å². The molecule has 138 valence electrons. The predicted octanol–water partition coefficient (Wildman–Crippen LogP) is 2.39. The third-order valence-electron chi connectivity index (χ3n) is 4.88. The van der Waals surface area contributed by atoms with E-state index in [9.17, 15) is 14.4 Å². The molecule has 0 bridgehead atoms. The summed E-state index contributed by atoms with van der Waals surface area (Å²) in [6, 6.07) is 12.5. The molecule has 4 rings (SSSR count). The number of fused-ring (bicyclic) bond motifs is 2. The predicted molar refractivity (Wildman–Crippen MR) is 96.7 cm³/mol. The lowest BCUT2D eigenvalue weighted by Crippen LogP contribution is -2.33. The van der Waals surface area contributed by atoms with E-state index in [4.69, 9.17) is 9.47 Å². The van der Waals surface area contributed by atoms with Gasteiger partial charge in [-0.1, -0.05) is 18.2 Å². The molecule has 0 N–H and O–H groups in total. The summed E-state index contributed by atoms with van der Waals surface area (Å²) in [6.45, 7) is -0.240. The molecule has 0 atom stereocenters. The molecule has 2 aliphatic rings. The van der Waals surface area contributed by atoms with Crippen molar-refractivity contribution in [3.05, 3.63) is 64.7 Å². The Balaban J connectivity index is 1.24. The number of esters is 1. The minimum atomic E-state index is -0.535. The summed E-state index contributed by atoms with van der Waals surface area (Å²) < 4.78 is 10.6. The standard InChI is InChI=1S/C21H19NO5/c23-19(13-27-16-9-8-14-4-3-5-15(14)12-16)26-11-10-22-20(24)17-6-1-2-7-18(17)21(22)25/h1-2,6-9,12H,3-5,10-11,13H2. The SMILES string of the molecule is O=C(COc1ccc2c(c1)CCC2)OCCN1C(=O)c2ccccc2C1=O. The van der Waals surface area contributed by atoms with Gasteiger partial charge in [-0.2, -0.15) is 0 Å². The highest BCUT2D eigenvalue weighted by Crippen LogP contribution is 2.26. The van der Waals surface area contributed by atoms with Crippen molar-refractivity contribution in [2.45, 2.75) is 19.3 Å². The third-order valence-corrected chi connectivity index (χ3v) is 4.88. The quantitative estimate of drug-likeness (QED) is 0.581. The van der Waals surface area contributed by atoms with Gasteiger partial charge in [-0.25, -0.2) is 4.79 Å². The Bertz CT molecular complexity index is 886. The third kappa shape index (κ3) is 3.43. The van der Waals surface area contributed by atoms with E-state index in [-0.39, 0.29) is 31.6 Å². The van der Waals surface area contributed by atoms with Crippen LogP contribution in [-0.4, -0.2) is 42.4 Å². The first-order valence-electron chi connectivity index (χ1n) is 8.99. The summed E-state index contributed by atoms with van der Waals surface area (Å²) in [5.74, 6) is -0.609. The van der Waals surface area contributed by atoms with Crippen molar-refractivity contribution in [1.29, 1.82) is 0 Å². The summed E-state index contributed by atoms with van der Waals surface area (Å²) >= 11 is 0. The highest BCUT2D eigenvalue weighted by atomic mass is 16.6. The van der Waals surface area contributed by atoms with Crippen molar-refractivity contribution in [2.24, 2.45) is 0 Å². The van der Waals surface area contributed by atoms with E-state index in [2.05, 4.69) is 0 Å². The summed E-state index contributed by atoms with van der Waals surface area (Å²) in [5.41, 5.74) is 3.37. The summed E-state index contributed by atoms with van der Waals surface area (Å²) in [6.07, 6.45) is 3.28. The molecule has 0 saturated carbocycles. The summed E-state index contributed by atoms with van der Waals surface area (Å²) in [5, 5.41) is 0. The molecule has 2 aromatic rings. The maximum Gasteiger partial charge on any atom is 0.344 e. The van der Waals surface area contributed by atoms with E-state index in [0.29, 0.717) is 16.9 Å². The number of amides is 2. The molecule has 2 amide bonds. The van der Waals surface area contributed by atoms with Crippen molar-refractivity contribution in [1.82, 2.24) is 4.90 Å². The molecule has 0 fully saturated rings. The number of aryl methyl sites for hydroxylation is 2. The molecule has 0 unspecified atom stereocenters. The molecule has 1 aliphatic carbocycles. The van der Waals surface area contributed by atoms with Crippen LogP contribution < -0.4 is 4.74 Å². The van der Waals surface area contributed by atoms with Crippen LogP contribution in [0.15, 0.2) is 42.5 Å². The molecule has 0 radical (unpaired) electrons. The van der Waals surface area contributed by atoms with Crippen molar-refractivity contribution in [2.75, 3.05) is 19.8 Å². The largest absolute Gasteiger partial charge is 0.482 e. The monoisotopic (exact) mass is 365 g/mol. The molecule has 6 nitrogen and oxygen atoms in total. The van der Waals surface area contributed by atoms with Gasteiger partial charge in [-0.05, 0) is 54.7 Å². The molecule has 1 heterocycles. The first-order chi connectivity index (χ1) is 13.1. The fourth-order valence-electron chi connectivity index (χ4n) is 3.51. The van der Waals surface area contributed by atoms with Gasteiger partial charge in [0.25, 0.3) is 11.8 Å². The van der Waals surface area contributed by atoms with Gasteiger partial charge in [0.15, 0.2) is 6.61 Å². The first kappa shape index (κ1) is 17.3. The lowest BCUT2D eigenvalue weighted by molar-refractivity contribution is -0.146. The molecular weight excluding hydrogens is 346 g/mol. The Morgan fingerprint density at radius 2 is 1.67 bits per heavy atom. The van der Waals surface area contributed by atoms with Crippen LogP contribution in [0, 0.1) is 0 Å². The molecule has 0 aromatic heterocycles. The summed E-state index contributed by atoms with van der Waals surface area (Å²) in [4.78, 5) is 37.4. The van der Waals surface area contributed by atoms with Gasteiger partial charge < -0.3 is 9.47 Å². The number of carbonyl (C=O) groups is 3. The van der Waals surface area contributed by atoms with Crippen LogP contribution in [0.25, 0.3) is 0 Å². The van der Waals surface area contributed by atoms with Crippen LogP contribution in [0.2, 0.25) is 0 Å². The molecule has 0 spiro atoms. The topological polar surface area (TPSA) is 72.9 Å². The van der Waals surface area contributed by atoms with E-state index < -0.39 is 5.97 Å². The number of imide groups is 1. The number of carbonyl (C=O) groups excluding carboxylic acids is 3. The van der Waals surface area contributed by atoms with Gasteiger partial charge in [-0.3, -0.25) is 14.5 Å². The van der Waals surface area contributed by atoms with E-state index >= 15 is 0 Å². The molecule has 2 aromatic carbocycles. The first-order valence-corrected chi connectivity index (χ1v) is 8.99. The lowest BCUT2D eigenvalue weighted by Gasteiger charge is -2.14. The second-order valence-electron chi connectivity index (χ2n) is 6.60. The molecule has 6 heteroatoms. The minimum Gasteiger partial charge on any atom is -0.482 e. The van der Waals surface area contributed by atoms with Gasteiger partial charge >= 0.3 is 5.97 Å². The van der Waals surface area contributed by atoms with Crippen molar-refractivity contribution < 1.29 is 23.9 Å². The minimum absolute atomic E-state index is 0.0247. The van der Waals surface area contributed by atoms with Crippen LogP contribution in [0.4, 0.5) is 0 Å². The highest BCUT2D eigenvalue weighted by Gasteiger charge is 2.34. The van der Waals surface area contributed by atoms with Gasteiger partial charge in [0.2, 0.25) is 0 Å². The maximum absolute atomic E-state index is 12.2. The van der Waals surface area contributed by atoms with Gasteiger partial charge in [0.1, 0.15) is 12.4 Å². The van der Waals surface area contributed by atoms with Crippen LogP contribution in [0.5, 0.6) is 5.75 Å². The second-order valence-corrected chi connectivity index (χ2v) is 6.60. The zero-order valence-corrected chi connectivity index (χ0v) is 14.8. The lowest BCUT2D eigenvalue weighted by atomic mass is 10.1. The number of nitrogens with zero attached hydrogens (tertiary/aromatic N) is 1. The van der Waals surface area contributed by atoms with E-state index in [0.717, 1.165) is 24.2 Å². The van der Waals surface area contributed by atoms with Crippen LogP contribution in [-0.2, 0) is 22.4 Å². The Morgan fingerprint density at radius 3 is 2.41 bits per heavy atom. The van der Waals surface area contributed by atoms with E-state index in [1.54, 1.807) is 24.3 Å². The number of rotatable bonds is 6. The highest BCUT2D eigenvalue weighted by molar-refractivity contribution is 6.21. The van der Waals surface area contributed by atoms with Crippen molar-refractivity contribution >= 4 is 17.8 Å². The molecule has 0 saturated heterocycles. The Morgan fingerprint density at radius 1 is 0.963 bits per heavy atom. The van der Waals surface area contributed by atoms with Crippen LogP contribution in [0.1, 0.15) is 38.3 Å². The maximum atomic E-state index is 12.2. The zero-order chi connectivity index (χ0) is 18.8. The number of ether oxygens (including phenoxy) is 2. The normalized spacial score (nSPS) is 14.9. The van der Waals surface area contributed by atoms with Crippen LogP contribution >= 0.6 is 0 Å². The average molecular weight is 365 g/mol. The number of hydrogen-bond donors (Lipinski definition) is 0. The van der Waals surface area contributed by atoms with Crippen LogP contribution in [0.3, 0.4) is 0 Å². The number of benzene rings is 2. The average Bonchev–Trinajstić information content (AvgIpc) is 3.25. The van der Waals surface area contributed by atoms with E-state index in [1.807, 2.05) is 18.2 Å². The fraction of sp³-hybridized carbons (Fsp3) is 0.286. The van der Waals surface area contributed by atoms with Gasteiger partial charge in [0, 0.05) is 0 Å².